The van der Waals surface area contributed by atoms with E-state index >= 15 is 0 Å². The van der Waals surface area contributed by atoms with Crippen LogP contribution in [0.25, 0.3) is 0 Å². The first-order valence-corrected chi connectivity index (χ1v) is 5.99. The fraction of sp³-hybridized carbons (Fsp3) is 0.385. The lowest BCUT2D eigenvalue weighted by Crippen LogP contribution is -2.50. The van der Waals surface area contributed by atoms with E-state index < -0.39 is 12.1 Å². The van der Waals surface area contributed by atoms with Crippen LogP contribution in [0.4, 0.5) is 13.2 Å². The minimum atomic E-state index is -5.19. The molecule has 1 rings (SSSR count). The molecule has 0 spiro atoms. The summed E-state index contributed by atoms with van der Waals surface area (Å²) < 4.78 is 37.0. The quantitative estimate of drug-likeness (QED) is 0.617. The van der Waals surface area contributed by atoms with Gasteiger partial charge in [0.15, 0.2) is 6.29 Å². The molecule has 0 aliphatic carbocycles. The van der Waals surface area contributed by atoms with Crippen molar-refractivity contribution in [2.24, 2.45) is 0 Å². The Kier molecular flexibility index (Phi) is 8.07. The first-order chi connectivity index (χ1) is 9.73. The Labute approximate surface area is 119 Å². The second kappa shape index (κ2) is 8.96. The van der Waals surface area contributed by atoms with Gasteiger partial charge >= 0.3 is 6.18 Å². The zero-order valence-electron chi connectivity index (χ0n) is 11.4. The number of carboxylic acid groups (broad SMARTS) is 1. The summed E-state index contributed by atoms with van der Waals surface area (Å²) in [6, 6.07) is 5.61. The van der Waals surface area contributed by atoms with Gasteiger partial charge in [-0.3, -0.25) is 4.79 Å². The summed E-state index contributed by atoms with van der Waals surface area (Å²) in [5.74, 6) is -2.33. The number of carboxylic acids is 1. The molecule has 0 radical (unpaired) electrons. The van der Waals surface area contributed by atoms with E-state index in [2.05, 4.69) is 5.73 Å². The Morgan fingerprint density at radius 2 is 2.00 bits per heavy atom. The predicted octanol–water partition coefficient (Wildman–Crippen LogP) is 0.117. The molecule has 8 heteroatoms. The maximum absolute atomic E-state index is 10.8. The molecule has 0 atom stereocenters. The lowest BCUT2D eigenvalue weighted by Gasteiger charge is -2.08. The number of aryl methyl sites for hydroxylation is 1. The van der Waals surface area contributed by atoms with Gasteiger partial charge in [-0.25, -0.2) is 0 Å². The van der Waals surface area contributed by atoms with Crippen LogP contribution in [0.3, 0.4) is 0 Å². The van der Waals surface area contributed by atoms with Crippen molar-refractivity contribution >= 4 is 12.3 Å². The van der Waals surface area contributed by atoms with Crippen LogP contribution >= 0.6 is 0 Å². The minimum Gasteiger partial charge on any atom is -0.542 e. The molecule has 1 aromatic carbocycles. The van der Waals surface area contributed by atoms with E-state index in [9.17, 15) is 18.0 Å². The molecule has 0 saturated carbocycles. The smallest absolute Gasteiger partial charge is 0.430 e. The third-order valence-electron chi connectivity index (χ3n) is 2.29. The van der Waals surface area contributed by atoms with Crippen molar-refractivity contribution in [3.05, 3.63) is 29.3 Å². The van der Waals surface area contributed by atoms with Gasteiger partial charge in [-0.2, -0.15) is 13.2 Å². The summed E-state index contributed by atoms with van der Waals surface area (Å²) in [4.78, 5) is 19.6. The molecule has 118 valence electrons. The zero-order valence-corrected chi connectivity index (χ0v) is 11.4. The second-order valence-electron chi connectivity index (χ2n) is 3.95. The largest absolute Gasteiger partial charge is 0.542 e. The van der Waals surface area contributed by atoms with Crippen LogP contribution in [0.1, 0.15) is 22.3 Å². The van der Waals surface area contributed by atoms with Crippen molar-refractivity contribution in [3.8, 4) is 5.75 Å². The van der Waals surface area contributed by atoms with Crippen LogP contribution in [0, 0.1) is 6.92 Å². The average molecular weight is 307 g/mol. The van der Waals surface area contributed by atoms with Gasteiger partial charge in [0.25, 0.3) is 0 Å². The Bertz CT molecular complexity index is 475. The van der Waals surface area contributed by atoms with E-state index in [4.69, 9.17) is 14.6 Å². The third-order valence-corrected chi connectivity index (χ3v) is 2.29. The summed E-state index contributed by atoms with van der Waals surface area (Å²) in [7, 11) is 0. The van der Waals surface area contributed by atoms with E-state index in [1.165, 1.54) is 0 Å². The number of carbonyl (C=O) groups excluding carboxylic acids is 2. The number of alkyl halides is 3. The molecule has 5 nitrogen and oxygen atoms in total. The van der Waals surface area contributed by atoms with Crippen molar-refractivity contribution in [2.75, 3.05) is 13.2 Å². The van der Waals surface area contributed by atoms with Crippen molar-refractivity contribution in [3.63, 3.8) is 0 Å². The number of halogens is 3. The molecular weight excluding hydrogens is 291 g/mol. The van der Waals surface area contributed by atoms with Crippen molar-refractivity contribution < 1.29 is 38.3 Å². The van der Waals surface area contributed by atoms with E-state index in [0.29, 0.717) is 17.9 Å². The Balaban J connectivity index is 0.000000486. The Morgan fingerprint density at radius 3 is 2.43 bits per heavy atom. The van der Waals surface area contributed by atoms with Gasteiger partial charge in [-0.05, 0) is 18.6 Å². The van der Waals surface area contributed by atoms with E-state index in [-0.39, 0.29) is 0 Å². The Morgan fingerprint density at radius 1 is 1.43 bits per heavy atom. The number of benzene rings is 1. The molecule has 3 N–H and O–H groups in total. The molecule has 1 aromatic rings. The summed E-state index contributed by atoms with van der Waals surface area (Å²) in [6.07, 6.45) is -3.44. The highest BCUT2D eigenvalue weighted by Gasteiger charge is 2.28. The fourth-order valence-electron chi connectivity index (χ4n) is 1.21. The molecule has 0 saturated heterocycles. The van der Waals surface area contributed by atoms with Crippen molar-refractivity contribution in [1.82, 2.24) is 0 Å². The lowest BCUT2D eigenvalue weighted by atomic mass is 10.1. The highest BCUT2D eigenvalue weighted by molar-refractivity contribution is 5.81. The third kappa shape index (κ3) is 7.31. The number of quaternary nitrogens is 1. The molecule has 0 bridgehead atoms. The molecule has 0 fully saturated rings. The summed E-state index contributed by atoms with van der Waals surface area (Å²) >= 11 is 0. The summed E-state index contributed by atoms with van der Waals surface area (Å²) in [5.41, 5.74) is 5.33. The first-order valence-electron chi connectivity index (χ1n) is 5.99. The maximum atomic E-state index is 10.8. The van der Waals surface area contributed by atoms with Crippen LogP contribution in [0.2, 0.25) is 0 Å². The number of hydrogen-bond acceptors (Lipinski definition) is 4. The molecule has 0 unspecified atom stereocenters. The fourth-order valence-corrected chi connectivity index (χ4v) is 1.21. The number of carbonyl (C=O) groups is 2. The van der Waals surface area contributed by atoms with Crippen LogP contribution in [0.15, 0.2) is 18.2 Å². The van der Waals surface area contributed by atoms with Crippen LogP contribution in [0.5, 0.6) is 5.75 Å². The number of aldehydes is 1. The SMILES string of the molecule is Cc1cccc(OCCC[NH3+])c1C=O.O=C([O-])C(F)(F)F. The lowest BCUT2D eigenvalue weighted by molar-refractivity contribution is -0.368. The predicted molar refractivity (Wildman–Crippen MR) is 65.5 cm³/mol. The van der Waals surface area contributed by atoms with Gasteiger partial charge in [0, 0.05) is 6.42 Å². The monoisotopic (exact) mass is 307 g/mol. The van der Waals surface area contributed by atoms with E-state index in [1.54, 1.807) is 0 Å². The topological polar surface area (TPSA) is 94.1 Å². The second-order valence-corrected chi connectivity index (χ2v) is 3.95. The molecule has 0 aliphatic rings. The average Bonchev–Trinajstić information content (AvgIpc) is 2.39. The highest BCUT2D eigenvalue weighted by atomic mass is 19.4. The van der Waals surface area contributed by atoms with Gasteiger partial charge in [-0.1, -0.05) is 12.1 Å². The Hall–Kier alpha value is -2.09. The minimum absolute atomic E-state index is 0.619. The molecule has 21 heavy (non-hydrogen) atoms. The molecule has 0 heterocycles. The van der Waals surface area contributed by atoms with Crippen molar-refractivity contribution in [1.29, 1.82) is 0 Å². The normalized spacial score (nSPS) is 10.3. The summed E-state index contributed by atoms with van der Waals surface area (Å²) in [6.45, 7) is 3.37. The van der Waals surface area contributed by atoms with E-state index in [0.717, 1.165) is 24.8 Å². The van der Waals surface area contributed by atoms with Gasteiger partial charge in [0.1, 0.15) is 11.7 Å². The van der Waals surface area contributed by atoms with E-state index in [1.807, 2.05) is 25.1 Å². The number of ether oxygens (including phenoxy) is 1. The van der Waals surface area contributed by atoms with Crippen LogP contribution < -0.4 is 15.6 Å². The van der Waals surface area contributed by atoms with Crippen molar-refractivity contribution in [2.45, 2.75) is 19.5 Å². The first kappa shape index (κ1) is 18.9. The molecule has 0 aromatic heterocycles. The van der Waals surface area contributed by atoms with Gasteiger partial charge in [-0.15, -0.1) is 0 Å². The van der Waals surface area contributed by atoms with Crippen LogP contribution in [-0.4, -0.2) is 31.6 Å². The number of aliphatic carboxylic acids is 1. The number of hydrogen-bond donors (Lipinski definition) is 1. The number of rotatable bonds is 5. The molecule has 0 aliphatic heterocycles. The summed E-state index contributed by atoms with van der Waals surface area (Å²) in [5, 5.41) is 8.78. The van der Waals surface area contributed by atoms with Crippen LogP contribution in [-0.2, 0) is 4.79 Å². The van der Waals surface area contributed by atoms with Gasteiger partial charge in [0.2, 0.25) is 0 Å². The molecule has 0 amide bonds. The standard InChI is InChI=1S/C11H15NO2.C2HF3O2/c1-9-4-2-5-11(10(9)8-13)14-7-3-6-12;3-2(4,5)1(6)7/h2,4-5,8H,3,6-7,12H2,1H3;(H,6,7). The van der Waals surface area contributed by atoms with Gasteiger partial charge < -0.3 is 20.4 Å². The highest BCUT2D eigenvalue weighted by Crippen LogP contribution is 2.19. The zero-order chi connectivity index (χ0) is 16.5. The molecular formula is C13H16F3NO4. The van der Waals surface area contributed by atoms with Gasteiger partial charge in [0.05, 0.1) is 18.7 Å². The maximum Gasteiger partial charge on any atom is 0.430 e.